The van der Waals surface area contributed by atoms with Gasteiger partial charge in [0.2, 0.25) is 11.6 Å². The van der Waals surface area contributed by atoms with Crippen LogP contribution < -0.4 is 35.4 Å². The molecule has 2 N–H and O–H groups in total. The summed E-state index contributed by atoms with van der Waals surface area (Å²) in [6, 6.07) is 20.0. The van der Waals surface area contributed by atoms with Crippen LogP contribution in [0.5, 0.6) is 0 Å². The Balaban J connectivity index is 0.00000529. The van der Waals surface area contributed by atoms with Gasteiger partial charge in [0.05, 0.1) is 73.9 Å². The van der Waals surface area contributed by atoms with Crippen molar-refractivity contribution in [1.82, 2.24) is 10.6 Å². The molecule has 0 unspecified atom stereocenters. The van der Waals surface area contributed by atoms with Crippen LogP contribution >= 0.6 is 0 Å². The zero-order valence-corrected chi connectivity index (χ0v) is 29.1. The number of quaternary nitrogens is 2. The first-order valence-corrected chi connectivity index (χ1v) is 15.9. The first kappa shape index (κ1) is 40.4. The van der Waals surface area contributed by atoms with E-state index < -0.39 is 0 Å². The van der Waals surface area contributed by atoms with Gasteiger partial charge in [-0.15, -0.1) is 0 Å². The lowest BCUT2D eigenvalue weighted by Gasteiger charge is -2.37. The van der Waals surface area contributed by atoms with Crippen LogP contribution in [-0.2, 0) is 22.7 Å². The van der Waals surface area contributed by atoms with E-state index in [4.69, 9.17) is 10.5 Å². The quantitative estimate of drug-likeness (QED) is 0.117. The van der Waals surface area contributed by atoms with Gasteiger partial charge < -0.3 is 44.4 Å². The molecule has 0 spiro atoms. The van der Waals surface area contributed by atoms with Crippen LogP contribution in [0.15, 0.2) is 72.1 Å². The van der Waals surface area contributed by atoms with E-state index in [9.17, 15) is 9.59 Å². The van der Waals surface area contributed by atoms with Crippen molar-refractivity contribution in [2.75, 3.05) is 52.4 Å². The number of carbonyl (C=O) groups is 2. The molecule has 0 aromatic heterocycles. The molecule has 2 aromatic rings. The lowest BCUT2D eigenvalue weighted by molar-refractivity contribution is -0.937. The number of rotatable bonds is 18. The highest BCUT2D eigenvalue weighted by Gasteiger charge is 2.26. The largest absolute Gasteiger partial charge is 1.00 e. The maximum absolute atomic E-state index is 12.8. The third kappa shape index (κ3) is 11.3. The summed E-state index contributed by atoms with van der Waals surface area (Å²) in [5.41, 5.74) is 4.47. The van der Waals surface area contributed by atoms with Gasteiger partial charge in [0, 0.05) is 49.2 Å². The molecule has 3 rings (SSSR count). The van der Waals surface area contributed by atoms with Gasteiger partial charge >= 0.3 is 0 Å². The molecule has 0 atom stereocenters. The Hall–Kier alpha value is -3.66. The Labute approximate surface area is 287 Å². The van der Waals surface area contributed by atoms with E-state index in [1.54, 1.807) is 0 Å². The molecule has 0 heterocycles. The number of nitrogens with zero attached hydrogens (tertiary/aromatic N) is 4. The van der Waals surface area contributed by atoms with Crippen molar-refractivity contribution in [3.8, 4) is 12.1 Å². The first-order chi connectivity index (χ1) is 21.2. The zero-order valence-electron chi connectivity index (χ0n) is 27.6. The summed E-state index contributed by atoms with van der Waals surface area (Å²) in [7, 11) is 0. The molecule has 0 saturated carbocycles. The number of ketones is 2. The molecule has 0 amide bonds. The van der Waals surface area contributed by atoms with Gasteiger partial charge in [0.15, 0.2) is 0 Å². The van der Waals surface area contributed by atoms with E-state index in [1.165, 1.54) is 23.3 Å². The Morgan fingerprint density at radius 3 is 1.20 bits per heavy atom. The SMILES string of the molecule is CC[N+](CC)(CCCNC1=CC(=O)C(NCCC[N+](CC)(CC)Cc2ccc(C#N)cc2)=CC1=O)Cc1ccc(C#N)cc1.[Cl-].[Cl-]. The summed E-state index contributed by atoms with van der Waals surface area (Å²) >= 11 is 0. The topological polar surface area (TPSA) is 106 Å². The Kier molecular flexibility index (Phi) is 17.3. The smallest absolute Gasteiger partial charge is 0.203 e. The summed E-state index contributed by atoms with van der Waals surface area (Å²) in [5.74, 6) is -0.353. The average molecular weight is 668 g/mol. The van der Waals surface area contributed by atoms with Crippen LogP contribution in [-0.4, -0.2) is 72.9 Å². The van der Waals surface area contributed by atoms with Crippen LogP contribution in [0, 0.1) is 22.7 Å². The van der Waals surface area contributed by atoms with Crippen LogP contribution in [0.1, 0.15) is 62.8 Å². The molecule has 0 fully saturated rings. The number of hydrogen-bond acceptors (Lipinski definition) is 6. The van der Waals surface area contributed by atoms with Crippen molar-refractivity contribution in [2.24, 2.45) is 0 Å². The zero-order chi connectivity index (χ0) is 32.0. The summed E-state index contributed by atoms with van der Waals surface area (Å²) in [4.78, 5) is 25.7. The van der Waals surface area contributed by atoms with Crippen LogP contribution in [0.25, 0.3) is 0 Å². The number of benzene rings is 2. The summed E-state index contributed by atoms with van der Waals surface area (Å²) in [5, 5.41) is 24.6. The molecular weight excluding hydrogens is 619 g/mol. The minimum absolute atomic E-state index is 0. The highest BCUT2D eigenvalue weighted by atomic mass is 35.5. The van der Waals surface area contributed by atoms with E-state index in [-0.39, 0.29) is 36.4 Å². The highest BCUT2D eigenvalue weighted by molar-refractivity contribution is 6.19. The summed E-state index contributed by atoms with van der Waals surface area (Å²) in [6.45, 7) is 17.6. The monoisotopic (exact) mass is 666 g/mol. The van der Waals surface area contributed by atoms with Gasteiger partial charge in [0.25, 0.3) is 0 Å². The third-order valence-corrected chi connectivity index (χ3v) is 9.22. The first-order valence-electron chi connectivity index (χ1n) is 15.9. The molecule has 1 aliphatic carbocycles. The Bertz CT molecular complexity index is 1300. The van der Waals surface area contributed by atoms with E-state index in [0.717, 1.165) is 74.2 Å². The van der Waals surface area contributed by atoms with Gasteiger partial charge in [0.1, 0.15) is 13.1 Å². The van der Waals surface area contributed by atoms with Gasteiger partial charge in [-0.2, -0.15) is 10.5 Å². The van der Waals surface area contributed by atoms with Gasteiger partial charge in [-0.25, -0.2) is 0 Å². The fourth-order valence-corrected chi connectivity index (χ4v) is 5.94. The van der Waals surface area contributed by atoms with Gasteiger partial charge in [-0.3, -0.25) is 9.59 Å². The average Bonchev–Trinajstić information content (AvgIpc) is 3.06. The molecule has 10 heteroatoms. The molecule has 46 heavy (non-hydrogen) atoms. The van der Waals surface area contributed by atoms with Crippen LogP contribution in [0.3, 0.4) is 0 Å². The van der Waals surface area contributed by atoms with E-state index in [0.29, 0.717) is 35.6 Å². The number of carbonyl (C=O) groups excluding carboxylic acids is 2. The normalized spacial score (nSPS) is 12.9. The van der Waals surface area contributed by atoms with E-state index >= 15 is 0 Å². The molecular formula is C36H48Cl2N6O2. The molecule has 0 saturated heterocycles. The van der Waals surface area contributed by atoms with Crippen LogP contribution in [0.4, 0.5) is 0 Å². The Morgan fingerprint density at radius 2 is 0.913 bits per heavy atom. The fourth-order valence-electron chi connectivity index (χ4n) is 5.94. The minimum Gasteiger partial charge on any atom is -1.00 e. The fraction of sp³-hybridized carbons (Fsp3) is 0.444. The van der Waals surface area contributed by atoms with E-state index in [2.05, 4.69) is 50.5 Å². The number of allylic oxidation sites excluding steroid dienone is 2. The highest BCUT2D eigenvalue weighted by Crippen LogP contribution is 2.18. The molecule has 8 nitrogen and oxygen atoms in total. The molecule has 2 aromatic carbocycles. The van der Waals surface area contributed by atoms with Crippen molar-refractivity contribution < 1.29 is 43.4 Å². The molecule has 0 radical (unpaired) electrons. The third-order valence-electron chi connectivity index (χ3n) is 9.22. The molecule has 1 aliphatic rings. The van der Waals surface area contributed by atoms with Crippen molar-refractivity contribution in [3.05, 3.63) is 94.3 Å². The predicted molar refractivity (Wildman–Crippen MR) is 174 cm³/mol. The lowest BCUT2D eigenvalue weighted by atomic mass is 10.1. The molecule has 248 valence electrons. The van der Waals surface area contributed by atoms with Gasteiger partial charge in [-0.05, 0) is 52.0 Å². The van der Waals surface area contributed by atoms with Crippen molar-refractivity contribution in [2.45, 2.75) is 53.6 Å². The van der Waals surface area contributed by atoms with Gasteiger partial charge in [-0.1, -0.05) is 24.3 Å². The van der Waals surface area contributed by atoms with Crippen molar-refractivity contribution >= 4 is 11.6 Å². The molecule has 0 bridgehead atoms. The maximum atomic E-state index is 12.8. The van der Waals surface area contributed by atoms with Crippen molar-refractivity contribution in [3.63, 3.8) is 0 Å². The second-order valence-corrected chi connectivity index (χ2v) is 11.7. The lowest BCUT2D eigenvalue weighted by Crippen LogP contribution is -3.00. The minimum atomic E-state index is -0.176. The summed E-state index contributed by atoms with van der Waals surface area (Å²) in [6.07, 6.45) is 4.57. The second-order valence-electron chi connectivity index (χ2n) is 11.7. The standard InChI is InChI=1S/C36H46N6O2.2ClH/c1-5-41(6-2,27-31-15-11-29(25-37)12-16-31)21-9-19-39-33-23-36(44)34(24-35(33)43)40-20-10-22-42(7-3,8-4)28-32-17-13-30(26-38)14-18-32;;/h11-18,23-24H,5-10,19-22,27-28H2,1-4H3;2*1H. The van der Waals surface area contributed by atoms with Crippen LogP contribution in [0.2, 0.25) is 0 Å². The van der Waals surface area contributed by atoms with Crippen molar-refractivity contribution in [1.29, 1.82) is 10.5 Å². The number of nitriles is 2. The Morgan fingerprint density at radius 1 is 0.587 bits per heavy atom. The molecule has 0 aliphatic heterocycles. The predicted octanol–water partition coefficient (Wildman–Crippen LogP) is -1.27. The number of hydrogen-bond donors (Lipinski definition) is 2. The second kappa shape index (κ2) is 19.8. The summed E-state index contributed by atoms with van der Waals surface area (Å²) < 4.78 is 1.83. The number of halogens is 2. The number of nitrogens with one attached hydrogen (secondary N) is 2. The maximum Gasteiger partial charge on any atom is 0.203 e. The van der Waals surface area contributed by atoms with E-state index in [1.807, 2.05) is 48.5 Å².